The molecule has 0 aromatic heterocycles. The minimum atomic E-state index is -3.81. The lowest BCUT2D eigenvalue weighted by atomic mass is 9.71. The number of benzene rings is 2. The Kier molecular flexibility index (Phi) is 20.4. The number of carbonyl (C=O) groups excluding carboxylic acids is 2. The molecule has 2 saturated heterocycles. The summed E-state index contributed by atoms with van der Waals surface area (Å²) in [6.45, 7) is 20.9. The average molecular weight is 1050 g/mol. The van der Waals surface area contributed by atoms with E-state index in [1.165, 1.54) is 0 Å². The van der Waals surface area contributed by atoms with Gasteiger partial charge in [-0.05, 0) is 163 Å². The zero-order valence-corrected chi connectivity index (χ0v) is 47.0. The van der Waals surface area contributed by atoms with E-state index in [1.54, 1.807) is 72.8 Å². The second-order valence-electron chi connectivity index (χ2n) is 21.9. The summed E-state index contributed by atoms with van der Waals surface area (Å²) >= 11 is 0. The number of ether oxygens (including phenoxy) is 4. The number of sulfone groups is 2. The highest BCUT2D eigenvalue weighted by Gasteiger charge is 2.41. The molecule has 0 radical (unpaired) electrons. The van der Waals surface area contributed by atoms with Crippen molar-refractivity contribution in [3.8, 4) is 0 Å². The third-order valence-electron chi connectivity index (χ3n) is 14.7. The Morgan fingerprint density at radius 2 is 0.959 bits per heavy atom. The maximum Gasteiger partial charge on any atom is 0.187 e. The molecule has 2 aromatic carbocycles. The van der Waals surface area contributed by atoms with Crippen LogP contribution in [0.15, 0.2) is 176 Å². The lowest BCUT2D eigenvalue weighted by Crippen LogP contribution is -2.41. The number of hydrogen-bond donors (Lipinski definition) is 0. The van der Waals surface area contributed by atoms with Crippen LogP contribution in [0, 0.1) is 10.8 Å². The van der Waals surface area contributed by atoms with Gasteiger partial charge in [-0.25, -0.2) is 16.8 Å². The van der Waals surface area contributed by atoms with Crippen LogP contribution in [0.2, 0.25) is 0 Å². The molecule has 2 aliphatic carbocycles. The summed E-state index contributed by atoms with van der Waals surface area (Å²) in [5.74, 6) is -0.0948. The fourth-order valence-corrected chi connectivity index (χ4v) is 14.0. The van der Waals surface area contributed by atoms with E-state index in [4.69, 9.17) is 18.9 Å². The molecule has 2 aromatic rings. The van der Waals surface area contributed by atoms with Crippen LogP contribution in [0.5, 0.6) is 0 Å². The van der Waals surface area contributed by atoms with Crippen molar-refractivity contribution in [1.29, 1.82) is 0 Å². The third kappa shape index (κ3) is 15.4. The topological polar surface area (TPSA) is 139 Å². The van der Waals surface area contributed by atoms with Crippen molar-refractivity contribution in [3.05, 3.63) is 166 Å². The van der Waals surface area contributed by atoms with Gasteiger partial charge in [-0.15, -0.1) is 0 Å². The minimum absolute atomic E-state index is 0.0474. The number of rotatable bonds is 20. The van der Waals surface area contributed by atoms with Gasteiger partial charge in [-0.2, -0.15) is 0 Å². The van der Waals surface area contributed by atoms with Crippen molar-refractivity contribution in [2.75, 3.05) is 13.2 Å². The highest BCUT2D eigenvalue weighted by molar-refractivity contribution is 7.92. The van der Waals surface area contributed by atoms with Crippen LogP contribution >= 0.6 is 0 Å². The molecule has 2 heterocycles. The van der Waals surface area contributed by atoms with Gasteiger partial charge in [0.15, 0.2) is 43.8 Å². The largest absolute Gasteiger partial charge is 0.353 e. The molecule has 0 saturated carbocycles. The molecule has 0 spiro atoms. The highest BCUT2D eigenvalue weighted by atomic mass is 32.2. The number of allylic oxidation sites excluding steroid dienone is 14. The molecule has 2 fully saturated rings. The minimum Gasteiger partial charge on any atom is -0.353 e. The Bertz CT molecular complexity index is 2630. The Balaban J connectivity index is 1.19. The maximum atomic E-state index is 14.3. The molecule has 2 aliphatic heterocycles. The predicted octanol–water partition coefficient (Wildman–Crippen LogP) is 13.4. The second kappa shape index (κ2) is 25.8. The maximum absolute atomic E-state index is 14.3. The van der Waals surface area contributed by atoms with Crippen LogP contribution in [-0.2, 0) is 48.2 Å². The lowest BCUT2D eigenvalue weighted by molar-refractivity contribution is -0.194. The van der Waals surface area contributed by atoms with Crippen molar-refractivity contribution in [2.24, 2.45) is 10.8 Å². The van der Waals surface area contributed by atoms with Gasteiger partial charge in [0, 0.05) is 13.2 Å². The summed E-state index contributed by atoms with van der Waals surface area (Å²) in [6, 6.07) is 16.9. The van der Waals surface area contributed by atoms with E-state index < -0.39 is 42.4 Å². The van der Waals surface area contributed by atoms with Gasteiger partial charge in [0.2, 0.25) is 0 Å². The van der Waals surface area contributed by atoms with Gasteiger partial charge in [-0.3, -0.25) is 9.59 Å². The summed E-state index contributed by atoms with van der Waals surface area (Å²) in [7, 11) is -7.62. The molecule has 6 rings (SSSR count). The van der Waals surface area contributed by atoms with Crippen LogP contribution in [-0.4, -0.2) is 76.9 Å². The molecule has 4 unspecified atom stereocenters. The molecule has 74 heavy (non-hydrogen) atoms. The van der Waals surface area contributed by atoms with Crippen LogP contribution in [0.4, 0.5) is 0 Å². The van der Waals surface area contributed by atoms with E-state index in [2.05, 4.69) is 27.7 Å². The first-order chi connectivity index (χ1) is 35.0. The van der Waals surface area contributed by atoms with Crippen LogP contribution in [0.1, 0.15) is 133 Å². The average Bonchev–Trinajstić information content (AvgIpc) is 3.36. The monoisotopic (exact) mass is 1050 g/mol. The number of Topliss-reactive ketones (excluding diaryl/α,β-unsaturated/α-hetero) is 2. The quantitative estimate of drug-likeness (QED) is 0.118. The summed E-state index contributed by atoms with van der Waals surface area (Å²) in [4.78, 5) is 27.6. The first-order valence-corrected chi connectivity index (χ1v) is 29.4. The van der Waals surface area contributed by atoms with E-state index in [1.807, 2.05) is 90.2 Å². The first-order valence-electron chi connectivity index (χ1n) is 26.4. The highest BCUT2D eigenvalue weighted by Crippen LogP contribution is 2.43. The van der Waals surface area contributed by atoms with Gasteiger partial charge in [0.1, 0.15) is 12.2 Å². The Labute approximate surface area is 443 Å². The Morgan fingerprint density at radius 3 is 1.30 bits per heavy atom. The Morgan fingerprint density at radius 1 is 0.595 bits per heavy atom. The van der Waals surface area contributed by atoms with E-state index in [0.29, 0.717) is 37.2 Å². The van der Waals surface area contributed by atoms with Crippen molar-refractivity contribution < 1.29 is 45.4 Å². The number of hydrogen-bond acceptors (Lipinski definition) is 10. The standard InChI is InChI=1S/C62H80O10S2/c1-43(37-51(73(65,66)49-25-13-11-14-26-49)39-45(3)31-33-53-47(5)59(63)55(41-61(53,7)8)71-57-29-19-21-35-69-57)23-17-18-24-44(2)38-52(74(67,68)50-27-15-12-16-28-50)40-46(4)32-34-54-48(6)60(64)56(42-62(54,9)10)72-58-30-20-22-36-70-58/h11-18,23-28,31-34,39-40,51-52,55-58H,19-22,29-30,35-38,41-42H2,1-10H3/b18-17+,33-31+,34-32+,43-23+,44-24+,45-39+,46-40+/t51?,52?,55-,56+,57?,58?. The zero-order chi connectivity index (χ0) is 53.8. The molecule has 4 aliphatic rings. The molecule has 0 N–H and O–H groups in total. The molecule has 0 amide bonds. The van der Waals surface area contributed by atoms with Gasteiger partial charge >= 0.3 is 0 Å². The van der Waals surface area contributed by atoms with Crippen LogP contribution in [0.25, 0.3) is 0 Å². The first kappa shape index (κ1) is 58.4. The third-order valence-corrected chi connectivity index (χ3v) is 18.7. The Hall–Kier alpha value is -4.82. The van der Waals surface area contributed by atoms with Gasteiger partial charge in [-0.1, -0.05) is 147 Å². The molecule has 6 atom stereocenters. The van der Waals surface area contributed by atoms with Gasteiger partial charge < -0.3 is 18.9 Å². The van der Waals surface area contributed by atoms with Crippen molar-refractivity contribution >= 4 is 31.2 Å². The summed E-state index contributed by atoms with van der Waals surface area (Å²) in [5.41, 5.74) is 5.49. The molecular formula is C62H80O10S2. The smallest absolute Gasteiger partial charge is 0.187 e. The van der Waals surface area contributed by atoms with Gasteiger partial charge in [0.05, 0.1) is 20.3 Å². The van der Waals surface area contributed by atoms with Gasteiger partial charge in [0.25, 0.3) is 0 Å². The molecular weight excluding hydrogens is 969 g/mol. The molecule has 12 heteroatoms. The molecule has 0 bridgehead atoms. The van der Waals surface area contributed by atoms with Crippen molar-refractivity contribution in [1.82, 2.24) is 0 Å². The second-order valence-corrected chi connectivity index (χ2v) is 26.3. The van der Waals surface area contributed by atoms with Crippen molar-refractivity contribution in [3.63, 3.8) is 0 Å². The summed E-state index contributed by atoms with van der Waals surface area (Å²) in [6.07, 6.45) is 23.9. The summed E-state index contributed by atoms with van der Waals surface area (Å²) < 4.78 is 81.0. The SMILES string of the molecule is CC1=C(/C=C/C(C)=C/C(C/C(C)=C/C=C/C=C(\C)CC(/C=C(C)/C=C/C2=C(C)C(=O)[C@H](OC3CCCCO3)CC2(C)C)S(=O)(=O)c2ccccc2)S(=O)(=O)c2ccccc2)C(C)(C)C[C@H](OC2CCCCO2)C1=O. The van der Waals surface area contributed by atoms with E-state index in [-0.39, 0.29) is 57.6 Å². The molecule has 400 valence electrons. The van der Waals surface area contributed by atoms with Crippen molar-refractivity contribution in [2.45, 2.75) is 179 Å². The normalized spacial score (nSPS) is 24.9. The predicted molar refractivity (Wildman–Crippen MR) is 296 cm³/mol. The lowest BCUT2D eigenvalue weighted by Gasteiger charge is -2.38. The molecule has 10 nitrogen and oxygen atoms in total. The fraction of sp³-hybridized carbons (Fsp3) is 0.484. The fourth-order valence-electron chi connectivity index (χ4n) is 10.4. The van der Waals surface area contributed by atoms with Crippen LogP contribution in [0.3, 0.4) is 0 Å². The number of carbonyl (C=O) groups is 2. The van der Waals surface area contributed by atoms with E-state index in [9.17, 15) is 26.4 Å². The van der Waals surface area contributed by atoms with E-state index in [0.717, 1.165) is 72.0 Å². The summed E-state index contributed by atoms with van der Waals surface area (Å²) in [5, 5.41) is -1.77. The number of ketones is 2. The van der Waals surface area contributed by atoms with Crippen LogP contribution < -0.4 is 0 Å². The zero-order valence-electron chi connectivity index (χ0n) is 45.4. The van der Waals surface area contributed by atoms with E-state index >= 15 is 0 Å².